The van der Waals surface area contributed by atoms with Gasteiger partial charge in [0, 0.05) is 11.4 Å². The van der Waals surface area contributed by atoms with Crippen molar-refractivity contribution in [2.45, 2.75) is 43.4 Å². The van der Waals surface area contributed by atoms with Gasteiger partial charge in [0.15, 0.2) is 0 Å². The standard InChI is InChI=1S/C15H22N2OS.ClH/c1-19-11-12-5-7-13(8-6-12)17-14(18)15(16)9-3-2-4-10-15;/h5-8H,2-4,9-11,16H2,1H3,(H,17,18);1H. The first-order valence-electron chi connectivity index (χ1n) is 6.82. The van der Waals surface area contributed by atoms with Gasteiger partial charge in [-0.1, -0.05) is 31.4 Å². The zero-order chi connectivity index (χ0) is 13.7. The zero-order valence-corrected chi connectivity index (χ0v) is 13.5. The lowest BCUT2D eigenvalue weighted by atomic mass is 9.82. The van der Waals surface area contributed by atoms with Gasteiger partial charge in [-0.2, -0.15) is 11.8 Å². The van der Waals surface area contributed by atoms with Crippen LogP contribution in [0.2, 0.25) is 0 Å². The molecule has 3 nitrogen and oxygen atoms in total. The van der Waals surface area contributed by atoms with Crippen molar-refractivity contribution in [2.75, 3.05) is 11.6 Å². The largest absolute Gasteiger partial charge is 0.324 e. The van der Waals surface area contributed by atoms with E-state index in [9.17, 15) is 4.79 Å². The molecule has 0 bridgehead atoms. The molecule has 2 rings (SSSR count). The Bertz CT molecular complexity index is 430. The molecule has 0 unspecified atom stereocenters. The lowest BCUT2D eigenvalue weighted by Gasteiger charge is -2.31. The monoisotopic (exact) mass is 314 g/mol. The Labute approximate surface area is 131 Å². The van der Waals surface area contributed by atoms with E-state index in [2.05, 4.69) is 23.7 Å². The number of hydrogen-bond acceptors (Lipinski definition) is 3. The van der Waals surface area contributed by atoms with Crippen LogP contribution < -0.4 is 11.1 Å². The van der Waals surface area contributed by atoms with E-state index < -0.39 is 5.54 Å². The van der Waals surface area contributed by atoms with Gasteiger partial charge in [-0.25, -0.2) is 0 Å². The fourth-order valence-electron chi connectivity index (χ4n) is 2.52. The maximum atomic E-state index is 12.3. The van der Waals surface area contributed by atoms with E-state index in [-0.39, 0.29) is 18.3 Å². The van der Waals surface area contributed by atoms with Crippen LogP contribution in [0.15, 0.2) is 24.3 Å². The average molecular weight is 315 g/mol. The van der Waals surface area contributed by atoms with Gasteiger partial charge < -0.3 is 11.1 Å². The summed E-state index contributed by atoms with van der Waals surface area (Å²) in [6.45, 7) is 0. The molecule has 0 aromatic heterocycles. The Morgan fingerprint density at radius 3 is 2.40 bits per heavy atom. The average Bonchev–Trinajstić information content (AvgIpc) is 2.42. The molecular formula is C15H23ClN2OS. The summed E-state index contributed by atoms with van der Waals surface area (Å²) >= 11 is 1.79. The van der Waals surface area contributed by atoms with Gasteiger partial charge in [-0.3, -0.25) is 4.79 Å². The molecule has 1 aliphatic rings. The number of rotatable bonds is 4. The summed E-state index contributed by atoms with van der Waals surface area (Å²) in [5, 5.41) is 2.95. The first-order valence-corrected chi connectivity index (χ1v) is 8.22. The minimum Gasteiger partial charge on any atom is -0.324 e. The van der Waals surface area contributed by atoms with Crippen molar-refractivity contribution >= 4 is 35.8 Å². The molecule has 20 heavy (non-hydrogen) atoms. The number of anilines is 1. The molecule has 1 aromatic rings. The summed E-state index contributed by atoms with van der Waals surface area (Å²) in [6.07, 6.45) is 6.96. The van der Waals surface area contributed by atoms with Crippen molar-refractivity contribution in [3.63, 3.8) is 0 Å². The number of thioether (sulfide) groups is 1. The van der Waals surface area contributed by atoms with Gasteiger partial charge in [0.1, 0.15) is 0 Å². The number of nitrogens with two attached hydrogens (primary N) is 1. The van der Waals surface area contributed by atoms with Crippen LogP contribution in [0.1, 0.15) is 37.7 Å². The minimum atomic E-state index is -0.670. The summed E-state index contributed by atoms with van der Waals surface area (Å²) in [7, 11) is 0. The van der Waals surface area contributed by atoms with Gasteiger partial charge in [-0.15, -0.1) is 12.4 Å². The topological polar surface area (TPSA) is 55.1 Å². The van der Waals surface area contributed by atoms with E-state index in [0.717, 1.165) is 37.1 Å². The number of hydrogen-bond donors (Lipinski definition) is 2. The van der Waals surface area contributed by atoms with Crippen LogP contribution in [-0.4, -0.2) is 17.7 Å². The molecule has 1 saturated carbocycles. The highest BCUT2D eigenvalue weighted by Gasteiger charge is 2.35. The van der Waals surface area contributed by atoms with Crippen molar-refractivity contribution in [2.24, 2.45) is 5.73 Å². The van der Waals surface area contributed by atoms with Crippen molar-refractivity contribution in [1.82, 2.24) is 0 Å². The van der Waals surface area contributed by atoms with Gasteiger partial charge in [-0.05, 0) is 36.8 Å². The molecular weight excluding hydrogens is 292 g/mol. The predicted molar refractivity (Wildman–Crippen MR) is 89.5 cm³/mol. The fraction of sp³-hybridized carbons (Fsp3) is 0.533. The van der Waals surface area contributed by atoms with Gasteiger partial charge in [0.2, 0.25) is 5.91 Å². The highest BCUT2D eigenvalue weighted by molar-refractivity contribution is 7.97. The molecule has 1 amide bonds. The van der Waals surface area contributed by atoms with Crippen molar-refractivity contribution < 1.29 is 4.79 Å². The van der Waals surface area contributed by atoms with Crippen molar-refractivity contribution in [1.29, 1.82) is 0 Å². The smallest absolute Gasteiger partial charge is 0.244 e. The molecule has 1 fully saturated rings. The Morgan fingerprint density at radius 1 is 1.25 bits per heavy atom. The quantitative estimate of drug-likeness (QED) is 0.893. The number of halogens is 1. The van der Waals surface area contributed by atoms with Crippen LogP contribution in [0.5, 0.6) is 0 Å². The van der Waals surface area contributed by atoms with Crippen LogP contribution in [0, 0.1) is 0 Å². The van der Waals surface area contributed by atoms with E-state index in [1.165, 1.54) is 12.0 Å². The molecule has 1 aliphatic carbocycles. The lowest BCUT2D eigenvalue weighted by Crippen LogP contribution is -2.52. The molecule has 0 aliphatic heterocycles. The van der Waals surface area contributed by atoms with Crippen LogP contribution in [0.4, 0.5) is 5.69 Å². The molecule has 5 heteroatoms. The Morgan fingerprint density at radius 2 is 1.85 bits per heavy atom. The van der Waals surface area contributed by atoms with E-state index >= 15 is 0 Å². The molecule has 3 N–H and O–H groups in total. The van der Waals surface area contributed by atoms with Gasteiger partial charge in [0.05, 0.1) is 5.54 Å². The van der Waals surface area contributed by atoms with Crippen LogP contribution in [-0.2, 0) is 10.5 Å². The molecule has 0 radical (unpaired) electrons. The van der Waals surface area contributed by atoms with Crippen LogP contribution in [0.25, 0.3) is 0 Å². The number of nitrogens with one attached hydrogen (secondary N) is 1. The maximum absolute atomic E-state index is 12.3. The molecule has 0 spiro atoms. The highest BCUT2D eigenvalue weighted by atomic mass is 35.5. The summed E-state index contributed by atoms with van der Waals surface area (Å²) in [5.41, 5.74) is 7.65. The Balaban J connectivity index is 0.00000200. The van der Waals surface area contributed by atoms with E-state index in [1.807, 2.05) is 12.1 Å². The van der Waals surface area contributed by atoms with Gasteiger partial charge >= 0.3 is 0 Å². The predicted octanol–water partition coefficient (Wildman–Crippen LogP) is 3.57. The molecule has 112 valence electrons. The second kappa shape index (κ2) is 7.91. The second-order valence-corrected chi connectivity index (χ2v) is 6.17. The molecule has 1 aromatic carbocycles. The highest BCUT2D eigenvalue weighted by Crippen LogP contribution is 2.27. The van der Waals surface area contributed by atoms with Crippen molar-refractivity contribution in [3.8, 4) is 0 Å². The number of benzene rings is 1. The summed E-state index contributed by atoms with van der Waals surface area (Å²) in [6, 6.07) is 8.01. The SMILES string of the molecule is CSCc1ccc(NC(=O)C2(N)CCCCC2)cc1.Cl. The normalized spacial score (nSPS) is 17.1. The Hall–Kier alpha value is -0.710. The third-order valence-electron chi connectivity index (χ3n) is 3.72. The summed E-state index contributed by atoms with van der Waals surface area (Å²) in [5.74, 6) is 0.958. The lowest BCUT2D eigenvalue weighted by molar-refractivity contribution is -0.122. The fourth-order valence-corrected chi connectivity index (χ4v) is 3.04. The third kappa shape index (κ3) is 4.40. The second-order valence-electron chi connectivity index (χ2n) is 5.30. The number of amides is 1. The molecule has 0 atom stereocenters. The van der Waals surface area contributed by atoms with E-state index in [1.54, 1.807) is 11.8 Å². The third-order valence-corrected chi connectivity index (χ3v) is 4.34. The van der Waals surface area contributed by atoms with Crippen molar-refractivity contribution in [3.05, 3.63) is 29.8 Å². The maximum Gasteiger partial charge on any atom is 0.244 e. The minimum absolute atomic E-state index is 0. The van der Waals surface area contributed by atoms with Gasteiger partial charge in [0.25, 0.3) is 0 Å². The van der Waals surface area contributed by atoms with E-state index in [0.29, 0.717) is 0 Å². The van der Waals surface area contributed by atoms with E-state index in [4.69, 9.17) is 5.73 Å². The molecule has 0 heterocycles. The van der Waals surface area contributed by atoms with Crippen LogP contribution in [0.3, 0.4) is 0 Å². The van der Waals surface area contributed by atoms with Crippen LogP contribution >= 0.6 is 24.2 Å². The molecule has 0 saturated heterocycles. The summed E-state index contributed by atoms with van der Waals surface area (Å²) < 4.78 is 0. The first kappa shape index (κ1) is 17.3. The summed E-state index contributed by atoms with van der Waals surface area (Å²) in [4.78, 5) is 12.3. The number of carbonyl (C=O) groups excluding carboxylic acids is 1. The first-order chi connectivity index (χ1) is 9.14. The number of carbonyl (C=O) groups is 1. The Kier molecular flexibility index (Phi) is 6.86. The zero-order valence-electron chi connectivity index (χ0n) is 11.9.